The van der Waals surface area contributed by atoms with Crippen molar-refractivity contribution >= 4 is 22.0 Å². The van der Waals surface area contributed by atoms with Crippen molar-refractivity contribution in [3.63, 3.8) is 0 Å². The van der Waals surface area contributed by atoms with Crippen LogP contribution in [0.3, 0.4) is 0 Å². The van der Waals surface area contributed by atoms with E-state index in [4.69, 9.17) is 10.5 Å². The summed E-state index contributed by atoms with van der Waals surface area (Å²) in [5, 5.41) is 0. The van der Waals surface area contributed by atoms with E-state index < -0.39 is 20.7 Å². The number of amides is 1. The number of ether oxygens (including phenoxy) is 1. The highest BCUT2D eigenvalue weighted by Crippen LogP contribution is 2.25. The fraction of sp³-hybridized carbons (Fsp3) is 0.588. The number of halogens is 1. The molecule has 0 bridgehead atoms. The van der Waals surface area contributed by atoms with Crippen LogP contribution >= 0.6 is 0 Å². The zero-order valence-electron chi connectivity index (χ0n) is 15.6. The number of piperazine rings is 1. The second-order valence-corrected chi connectivity index (χ2v) is 8.83. The SMILES string of the molecule is Cc1c(N)cc(S(=O)(=O)F)cc1CN1CCN(C(=O)OC(C)(C)C)CC1. The average molecular weight is 387 g/mol. The van der Waals surface area contributed by atoms with Crippen molar-refractivity contribution in [1.29, 1.82) is 0 Å². The lowest BCUT2D eigenvalue weighted by molar-refractivity contribution is 0.0139. The first kappa shape index (κ1) is 20.4. The van der Waals surface area contributed by atoms with Crippen molar-refractivity contribution < 1.29 is 21.8 Å². The lowest BCUT2D eigenvalue weighted by Gasteiger charge is -2.35. The maximum absolute atomic E-state index is 13.3. The van der Waals surface area contributed by atoms with Crippen molar-refractivity contribution in [2.24, 2.45) is 0 Å². The third-order valence-electron chi connectivity index (χ3n) is 4.23. The fourth-order valence-electron chi connectivity index (χ4n) is 2.73. The number of hydrogen-bond acceptors (Lipinski definition) is 6. The quantitative estimate of drug-likeness (QED) is 0.632. The van der Waals surface area contributed by atoms with Crippen molar-refractivity contribution in [1.82, 2.24) is 9.80 Å². The first-order valence-electron chi connectivity index (χ1n) is 8.41. The number of carbonyl (C=O) groups is 1. The van der Waals surface area contributed by atoms with Gasteiger partial charge in [-0.2, -0.15) is 8.42 Å². The maximum atomic E-state index is 13.3. The first-order valence-corrected chi connectivity index (χ1v) is 9.79. The molecule has 2 rings (SSSR count). The summed E-state index contributed by atoms with van der Waals surface area (Å²) in [5.41, 5.74) is 6.91. The van der Waals surface area contributed by atoms with Crippen LogP contribution in [0.4, 0.5) is 14.4 Å². The van der Waals surface area contributed by atoms with Crippen molar-refractivity contribution in [3.05, 3.63) is 23.3 Å². The van der Waals surface area contributed by atoms with E-state index in [0.29, 0.717) is 38.3 Å². The Hall–Kier alpha value is -1.87. The van der Waals surface area contributed by atoms with Crippen LogP contribution < -0.4 is 5.73 Å². The zero-order chi connectivity index (χ0) is 19.7. The molecule has 1 amide bonds. The van der Waals surface area contributed by atoms with E-state index in [1.54, 1.807) is 11.8 Å². The number of nitrogens with zero attached hydrogens (tertiary/aromatic N) is 2. The van der Waals surface area contributed by atoms with E-state index in [-0.39, 0.29) is 11.8 Å². The molecule has 0 spiro atoms. The summed E-state index contributed by atoms with van der Waals surface area (Å²) in [6.07, 6.45) is -0.344. The number of benzene rings is 1. The van der Waals surface area contributed by atoms with Gasteiger partial charge in [-0.25, -0.2) is 4.79 Å². The molecular formula is C17H26FN3O4S. The molecule has 1 aromatic carbocycles. The minimum Gasteiger partial charge on any atom is -0.444 e. The molecule has 1 heterocycles. The molecule has 1 saturated heterocycles. The lowest BCUT2D eigenvalue weighted by Crippen LogP contribution is -2.49. The van der Waals surface area contributed by atoms with E-state index in [1.165, 1.54) is 6.07 Å². The van der Waals surface area contributed by atoms with Crippen LogP contribution in [0.1, 0.15) is 31.9 Å². The molecule has 146 valence electrons. The summed E-state index contributed by atoms with van der Waals surface area (Å²) in [6, 6.07) is 2.45. The maximum Gasteiger partial charge on any atom is 0.410 e. The molecule has 2 N–H and O–H groups in total. The molecular weight excluding hydrogens is 361 g/mol. The van der Waals surface area contributed by atoms with Crippen LogP contribution in [0.15, 0.2) is 17.0 Å². The van der Waals surface area contributed by atoms with Crippen LogP contribution in [0.5, 0.6) is 0 Å². The van der Waals surface area contributed by atoms with E-state index in [2.05, 4.69) is 4.90 Å². The molecule has 26 heavy (non-hydrogen) atoms. The molecule has 1 aliphatic heterocycles. The third-order valence-corrected chi connectivity index (χ3v) is 5.03. The summed E-state index contributed by atoms with van der Waals surface area (Å²) >= 11 is 0. The van der Waals surface area contributed by atoms with Crippen LogP contribution in [-0.2, 0) is 21.5 Å². The second-order valence-electron chi connectivity index (χ2n) is 7.48. The molecule has 7 nitrogen and oxygen atoms in total. The number of nitrogens with two attached hydrogens (primary N) is 1. The summed E-state index contributed by atoms with van der Waals surface area (Å²) in [5.74, 6) is 0. The van der Waals surface area contributed by atoms with Gasteiger partial charge in [0, 0.05) is 38.4 Å². The Balaban J connectivity index is 2.04. The van der Waals surface area contributed by atoms with Crippen molar-refractivity contribution in [2.45, 2.75) is 44.7 Å². The van der Waals surface area contributed by atoms with Gasteiger partial charge in [-0.05, 0) is 51.0 Å². The van der Waals surface area contributed by atoms with Crippen LogP contribution in [0.25, 0.3) is 0 Å². The predicted molar refractivity (Wildman–Crippen MR) is 97.0 cm³/mol. The van der Waals surface area contributed by atoms with Crippen molar-refractivity contribution in [2.75, 3.05) is 31.9 Å². The molecule has 1 aromatic rings. The Labute approximate surface area is 154 Å². The molecule has 0 unspecified atom stereocenters. The zero-order valence-corrected chi connectivity index (χ0v) is 16.4. The number of rotatable bonds is 3. The molecule has 0 aromatic heterocycles. The molecule has 9 heteroatoms. The summed E-state index contributed by atoms with van der Waals surface area (Å²) < 4.78 is 41.0. The predicted octanol–water partition coefficient (Wildman–Crippen LogP) is 2.29. The molecule has 0 aliphatic carbocycles. The van der Waals surface area contributed by atoms with Gasteiger partial charge in [0.05, 0.1) is 0 Å². The van der Waals surface area contributed by atoms with Gasteiger partial charge in [0.2, 0.25) is 0 Å². The largest absolute Gasteiger partial charge is 0.444 e. The molecule has 0 atom stereocenters. The number of hydrogen-bond donors (Lipinski definition) is 1. The Morgan fingerprint density at radius 3 is 2.31 bits per heavy atom. The topological polar surface area (TPSA) is 92.9 Å². The molecule has 0 saturated carbocycles. The first-order chi connectivity index (χ1) is 11.9. The van der Waals surface area contributed by atoms with Gasteiger partial charge in [-0.3, -0.25) is 4.90 Å². The van der Waals surface area contributed by atoms with Crippen LogP contribution in [-0.4, -0.2) is 56.1 Å². The smallest absolute Gasteiger partial charge is 0.410 e. The van der Waals surface area contributed by atoms with E-state index in [9.17, 15) is 17.1 Å². The van der Waals surface area contributed by atoms with Gasteiger partial charge >= 0.3 is 16.3 Å². The van der Waals surface area contributed by atoms with Crippen LogP contribution in [0, 0.1) is 6.92 Å². The highest BCUT2D eigenvalue weighted by Gasteiger charge is 2.26. The van der Waals surface area contributed by atoms with E-state index in [0.717, 1.165) is 11.6 Å². The number of carbonyl (C=O) groups excluding carboxylic acids is 1. The number of nitrogen functional groups attached to an aromatic ring is 1. The van der Waals surface area contributed by atoms with Gasteiger partial charge in [0.25, 0.3) is 0 Å². The van der Waals surface area contributed by atoms with Gasteiger partial charge in [-0.1, -0.05) is 0 Å². The minimum absolute atomic E-state index is 0.242. The molecule has 1 aliphatic rings. The van der Waals surface area contributed by atoms with Gasteiger partial charge in [0.15, 0.2) is 0 Å². The second kappa shape index (κ2) is 7.40. The third kappa shape index (κ3) is 5.31. The fourth-order valence-corrected chi connectivity index (χ4v) is 3.28. The Morgan fingerprint density at radius 1 is 1.23 bits per heavy atom. The molecule has 0 radical (unpaired) electrons. The molecule has 1 fully saturated rings. The summed E-state index contributed by atoms with van der Waals surface area (Å²) in [7, 11) is -4.81. The Bertz CT molecular complexity index is 782. The summed E-state index contributed by atoms with van der Waals surface area (Å²) in [6.45, 7) is 9.88. The lowest BCUT2D eigenvalue weighted by atomic mass is 10.1. The van der Waals surface area contributed by atoms with Gasteiger partial charge in [-0.15, -0.1) is 3.89 Å². The summed E-state index contributed by atoms with van der Waals surface area (Å²) in [4.78, 5) is 15.4. The van der Waals surface area contributed by atoms with E-state index in [1.807, 2.05) is 20.8 Å². The normalized spacial score (nSPS) is 16.6. The van der Waals surface area contributed by atoms with Gasteiger partial charge in [0.1, 0.15) is 10.5 Å². The average Bonchev–Trinajstić information content (AvgIpc) is 2.49. The minimum atomic E-state index is -4.81. The number of anilines is 1. The standard InChI is InChI=1S/C17H26FN3O4S/c1-12-13(9-14(10-15(12)19)26(18,23)24)11-20-5-7-21(8-6-20)16(22)25-17(2,3)4/h9-10H,5-8,11,19H2,1-4H3. The highest BCUT2D eigenvalue weighted by molar-refractivity contribution is 7.86. The Morgan fingerprint density at radius 2 is 1.81 bits per heavy atom. The van der Waals surface area contributed by atoms with E-state index >= 15 is 0 Å². The Kier molecular flexibility index (Phi) is 5.82. The monoisotopic (exact) mass is 387 g/mol. The van der Waals surface area contributed by atoms with Crippen molar-refractivity contribution in [3.8, 4) is 0 Å². The van der Waals surface area contributed by atoms with Crippen LogP contribution in [0.2, 0.25) is 0 Å². The van der Waals surface area contributed by atoms with Gasteiger partial charge < -0.3 is 15.4 Å². The highest BCUT2D eigenvalue weighted by atomic mass is 32.3.